The van der Waals surface area contributed by atoms with Crippen molar-refractivity contribution >= 4 is 11.3 Å². The van der Waals surface area contributed by atoms with Gasteiger partial charge in [-0.3, -0.25) is 4.90 Å². The molecule has 18 heavy (non-hydrogen) atoms. The van der Waals surface area contributed by atoms with Crippen LogP contribution in [0.15, 0.2) is 5.38 Å². The van der Waals surface area contributed by atoms with Crippen LogP contribution in [-0.4, -0.2) is 34.6 Å². The van der Waals surface area contributed by atoms with Crippen molar-refractivity contribution in [1.29, 1.82) is 0 Å². The van der Waals surface area contributed by atoms with Crippen molar-refractivity contribution in [1.82, 2.24) is 15.2 Å². The highest BCUT2D eigenvalue weighted by atomic mass is 32.1. The maximum absolute atomic E-state index is 4.49. The van der Waals surface area contributed by atoms with Gasteiger partial charge in [-0.15, -0.1) is 11.3 Å². The lowest BCUT2D eigenvalue weighted by molar-refractivity contribution is 0.0960. The Hall–Kier alpha value is -0.450. The van der Waals surface area contributed by atoms with E-state index in [0.29, 0.717) is 11.6 Å². The van der Waals surface area contributed by atoms with Crippen molar-refractivity contribution in [3.8, 4) is 0 Å². The van der Waals surface area contributed by atoms with E-state index in [1.165, 1.54) is 30.9 Å². The average molecular weight is 267 g/mol. The molecule has 0 aromatic carbocycles. The Morgan fingerprint density at radius 1 is 1.39 bits per heavy atom. The largest absolute Gasteiger partial charge is 0.308 e. The fourth-order valence-corrected chi connectivity index (χ4v) is 3.19. The summed E-state index contributed by atoms with van der Waals surface area (Å²) in [5, 5.41) is 6.98. The van der Waals surface area contributed by atoms with E-state index in [-0.39, 0.29) is 0 Å². The summed E-state index contributed by atoms with van der Waals surface area (Å²) >= 11 is 1.76. The standard InChI is InChI=1S/C14H25N3S/c1-11-10-18-13(16-11)9-15-12-5-7-17(8-6-12)14(2,3)4/h10,12,15H,5-9H2,1-4H3. The molecular formula is C14H25N3S. The van der Waals surface area contributed by atoms with E-state index in [1.807, 2.05) is 0 Å². The lowest BCUT2D eigenvalue weighted by Crippen LogP contribution is -2.49. The van der Waals surface area contributed by atoms with Crippen LogP contribution in [0.2, 0.25) is 0 Å². The number of rotatable bonds is 3. The molecule has 1 aromatic rings. The number of nitrogens with zero attached hydrogens (tertiary/aromatic N) is 2. The van der Waals surface area contributed by atoms with Gasteiger partial charge >= 0.3 is 0 Å². The maximum atomic E-state index is 4.49. The van der Waals surface area contributed by atoms with E-state index in [1.54, 1.807) is 11.3 Å². The third-order valence-corrected chi connectivity index (χ3v) is 4.62. The quantitative estimate of drug-likeness (QED) is 0.913. The minimum absolute atomic E-state index is 0.317. The molecule has 0 radical (unpaired) electrons. The van der Waals surface area contributed by atoms with Gasteiger partial charge in [0.15, 0.2) is 0 Å². The second-order valence-electron chi connectivity index (χ2n) is 6.20. The maximum Gasteiger partial charge on any atom is 0.107 e. The number of aromatic nitrogens is 1. The molecule has 0 bridgehead atoms. The summed E-state index contributed by atoms with van der Waals surface area (Å²) in [7, 11) is 0. The minimum atomic E-state index is 0.317. The molecule has 2 rings (SSSR count). The first-order chi connectivity index (χ1) is 8.45. The molecule has 3 nitrogen and oxygen atoms in total. The summed E-state index contributed by atoms with van der Waals surface area (Å²) < 4.78 is 0. The van der Waals surface area contributed by atoms with Gasteiger partial charge in [-0.05, 0) is 40.5 Å². The molecule has 0 spiro atoms. The molecule has 0 saturated carbocycles. The molecule has 1 aliphatic rings. The van der Waals surface area contributed by atoms with E-state index < -0.39 is 0 Å². The highest BCUT2D eigenvalue weighted by Gasteiger charge is 2.26. The molecule has 4 heteroatoms. The lowest BCUT2D eigenvalue weighted by atomic mass is 9.98. The highest BCUT2D eigenvalue weighted by Crippen LogP contribution is 2.20. The van der Waals surface area contributed by atoms with Gasteiger partial charge in [0.2, 0.25) is 0 Å². The first-order valence-corrected chi connectivity index (χ1v) is 7.72. The second-order valence-corrected chi connectivity index (χ2v) is 7.14. The fourth-order valence-electron chi connectivity index (χ4n) is 2.47. The summed E-state index contributed by atoms with van der Waals surface area (Å²) in [6.07, 6.45) is 2.50. The van der Waals surface area contributed by atoms with Crippen LogP contribution in [0.25, 0.3) is 0 Å². The van der Waals surface area contributed by atoms with Crippen molar-refractivity contribution in [2.75, 3.05) is 13.1 Å². The zero-order valence-electron chi connectivity index (χ0n) is 12.0. The molecule has 0 aliphatic carbocycles. The van der Waals surface area contributed by atoms with Crippen LogP contribution in [-0.2, 0) is 6.54 Å². The Kier molecular flexibility index (Phi) is 4.41. The van der Waals surface area contributed by atoms with E-state index in [9.17, 15) is 0 Å². The number of thiazole rings is 1. The number of hydrogen-bond donors (Lipinski definition) is 1. The monoisotopic (exact) mass is 267 g/mol. The molecule has 1 N–H and O–H groups in total. The van der Waals surface area contributed by atoms with Gasteiger partial charge in [0.1, 0.15) is 5.01 Å². The molecule has 0 atom stereocenters. The van der Waals surface area contributed by atoms with E-state index in [2.05, 4.69) is 48.3 Å². The van der Waals surface area contributed by atoms with Crippen molar-refractivity contribution in [3.63, 3.8) is 0 Å². The van der Waals surface area contributed by atoms with E-state index in [4.69, 9.17) is 0 Å². The van der Waals surface area contributed by atoms with E-state index in [0.717, 1.165) is 12.2 Å². The number of likely N-dealkylation sites (tertiary alicyclic amines) is 1. The first-order valence-electron chi connectivity index (χ1n) is 6.84. The Morgan fingerprint density at radius 2 is 2.06 bits per heavy atom. The smallest absolute Gasteiger partial charge is 0.107 e. The molecule has 1 aliphatic heterocycles. The van der Waals surface area contributed by atoms with Gasteiger partial charge < -0.3 is 5.32 Å². The number of piperidine rings is 1. The zero-order valence-corrected chi connectivity index (χ0v) is 12.8. The van der Waals surface area contributed by atoms with Crippen molar-refractivity contribution < 1.29 is 0 Å². The highest BCUT2D eigenvalue weighted by molar-refractivity contribution is 7.09. The van der Waals surface area contributed by atoms with Crippen LogP contribution in [0.5, 0.6) is 0 Å². The SMILES string of the molecule is Cc1csc(CNC2CCN(C(C)(C)C)CC2)n1. The molecule has 1 aromatic heterocycles. The van der Waals surface area contributed by atoms with E-state index >= 15 is 0 Å². The first kappa shape index (κ1) is 14.0. The predicted octanol–water partition coefficient (Wildman–Crippen LogP) is 2.80. The van der Waals surface area contributed by atoms with Crippen LogP contribution in [0.4, 0.5) is 0 Å². The molecule has 0 amide bonds. The fraction of sp³-hybridized carbons (Fsp3) is 0.786. The Balaban J connectivity index is 1.74. The zero-order chi connectivity index (χ0) is 13.2. The second kappa shape index (κ2) is 5.68. The van der Waals surface area contributed by atoms with Gasteiger partial charge in [-0.1, -0.05) is 0 Å². The Labute approximate surface area is 115 Å². The molecule has 1 fully saturated rings. The summed E-state index contributed by atoms with van der Waals surface area (Å²) in [6.45, 7) is 12.3. The molecule has 102 valence electrons. The molecule has 1 saturated heterocycles. The number of hydrogen-bond acceptors (Lipinski definition) is 4. The van der Waals surface area contributed by atoms with Crippen LogP contribution < -0.4 is 5.32 Å². The Bertz CT molecular complexity index is 373. The summed E-state index contributed by atoms with van der Waals surface area (Å²) in [5.41, 5.74) is 1.46. The van der Waals surface area contributed by atoms with Gasteiger partial charge in [-0.25, -0.2) is 4.98 Å². The predicted molar refractivity (Wildman–Crippen MR) is 78.0 cm³/mol. The van der Waals surface area contributed by atoms with Gasteiger partial charge in [0, 0.05) is 42.3 Å². The molecule has 2 heterocycles. The van der Waals surface area contributed by atoms with Crippen molar-refractivity contribution in [2.45, 2.75) is 58.7 Å². The van der Waals surface area contributed by atoms with Crippen LogP contribution in [0, 0.1) is 6.92 Å². The van der Waals surface area contributed by atoms with Gasteiger partial charge in [0.05, 0.1) is 0 Å². The average Bonchev–Trinajstić information content (AvgIpc) is 2.72. The summed E-state index contributed by atoms with van der Waals surface area (Å²) in [4.78, 5) is 7.08. The van der Waals surface area contributed by atoms with Crippen molar-refractivity contribution in [2.24, 2.45) is 0 Å². The van der Waals surface area contributed by atoms with Crippen molar-refractivity contribution in [3.05, 3.63) is 16.1 Å². The Morgan fingerprint density at radius 3 is 2.56 bits per heavy atom. The lowest BCUT2D eigenvalue weighted by Gasteiger charge is -2.41. The summed E-state index contributed by atoms with van der Waals surface area (Å²) in [6, 6.07) is 0.660. The van der Waals surface area contributed by atoms with Gasteiger partial charge in [-0.2, -0.15) is 0 Å². The van der Waals surface area contributed by atoms with Crippen LogP contribution in [0.3, 0.4) is 0 Å². The minimum Gasteiger partial charge on any atom is -0.308 e. The normalized spacial score (nSPS) is 19.3. The molecular weight excluding hydrogens is 242 g/mol. The van der Waals surface area contributed by atoms with Crippen LogP contribution >= 0.6 is 11.3 Å². The molecule has 0 unspecified atom stereocenters. The number of aryl methyl sites for hydroxylation is 1. The summed E-state index contributed by atoms with van der Waals surface area (Å²) in [5.74, 6) is 0. The number of nitrogens with one attached hydrogen (secondary N) is 1. The third kappa shape index (κ3) is 3.77. The third-order valence-electron chi connectivity index (χ3n) is 3.65. The van der Waals surface area contributed by atoms with Crippen LogP contribution in [0.1, 0.15) is 44.3 Å². The topological polar surface area (TPSA) is 28.2 Å². The van der Waals surface area contributed by atoms with Gasteiger partial charge in [0.25, 0.3) is 0 Å².